The first-order valence-corrected chi connectivity index (χ1v) is 6.15. The van der Waals surface area contributed by atoms with Crippen molar-refractivity contribution < 1.29 is 9.53 Å². The van der Waals surface area contributed by atoms with Gasteiger partial charge in [-0.1, -0.05) is 23.7 Å². The van der Waals surface area contributed by atoms with E-state index in [1.54, 1.807) is 4.90 Å². The van der Waals surface area contributed by atoms with Crippen LogP contribution in [-0.2, 0) is 0 Å². The number of rotatable bonds is 1. The van der Waals surface area contributed by atoms with Crippen LogP contribution in [0.3, 0.4) is 0 Å². The molecule has 1 aliphatic heterocycles. The molecule has 1 aromatic heterocycles. The van der Waals surface area contributed by atoms with E-state index >= 15 is 0 Å². The normalized spacial score (nSPS) is 13.6. The molecule has 0 fully saturated rings. The molecule has 0 bridgehead atoms. The van der Waals surface area contributed by atoms with Crippen molar-refractivity contribution in [2.24, 2.45) is 0 Å². The number of ether oxygens (including phenoxy) is 1. The predicted octanol–water partition coefficient (Wildman–Crippen LogP) is 2.17. The van der Waals surface area contributed by atoms with E-state index in [1.807, 2.05) is 24.3 Å². The third-order valence-corrected chi connectivity index (χ3v) is 2.98. The van der Waals surface area contributed by atoms with Gasteiger partial charge < -0.3 is 9.64 Å². The molecule has 0 radical (unpaired) electrons. The van der Waals surface area contributed by atoms with Crippen molar-refractivity contribution in [2.75, 3.05) is 18.1 Å². The van der Waals surface area contributed by atoms with Gasteiger partial charge in [0.15, 0.2) is 0 Å². The lowest BCUT2D eigenvalue weighted by molar-refractivity contribution is 0.0971. The summed E-state index contributed by atoms with van der Waals surface area (Å²) in [4.78, 5) is 21.9. The molecule has 0 atom stereocenters. The van der Waals surface area contributed by atoms with E-state index in [0.717, 1.165) is 5.69 Å². The Balaban J connectivity index is 1.98. The number of benzene rings is 1. The fraction of sp³-hybridized carbons (Fsp3) is 0.154. The summed E-state index contributed by atoms with van der Waals surface area (Å²) in [5, 5.41) is 0.201. The first-order valence-electron chi connectivity index (χ1n) is 5.77. The second-order valence-corrected chi connectivity index (χ2v) is 4.39. The molecule has 0 spiro atoms. The van der Waals surface area contributed by atoms with Crippen molar-refractivity contribution in [1.29, 1.82) is 0 Å². The lowest BCUT2D eigenvalue weighted by atomic mass is 10.2. The molecule has 1 aliphatic rings. The van der Waals surface area contributed by atoms with Crippen LogP contribution in [-0.4, -0.2) is 29.0 Å². The van der Waals surface area contributed by atoms with E-state index in [2.05, 4.69) is 9.97 Å². The van der Waals surface area contributed by atoms with Gasteiger partial charge >= 0.3 is 0 Å². The smallest absolute Gasteiger partial charge is 0.278 e. The molecule has 0 saturated heterocycles. The molecule has 0 aliphatic carbocycles. The summed E-state index contributed by atoms with van der Waals surface area (Å²) in [5.41, 5.74) is 0.963. The van der Waals surface area contributed by atoms with Gasteiger partial charge in [0.2, 0.25) is 0 Å². The molecule has 0 saturated carbocycles. The fourth-order valence-corrected chi connectivity index (χ4v) is 2.11. The number of nitrogens with zero attached hydrogens (tertiary/aromatic N) is 3. The van der Waals surface area contributed by atoms with Crippen molar-refractivity contribution in [1.82, 2.24) is 9.97 Å². The van der Waals surface area contributed by atoms with E-state index in [1.165, 1.54) is 12.4 Å². The van der Waals surface area contributed by atoms with Crippen LogP contribution in [0.2, 0.25) is 5.15 Å². The molecule has 96 valence electrons. The summed E-state index contributed by atoms with van der Waals surface area (Å²) < 4.78 is 5.51. The monoisotopic (exact) mass is 275 g/mol. The Morgan fingerprint density at radius 2 is 2.16 bits per heavy atom. The molecule has 1 aromatic carbocycles. The van der Waals surface area contributed by atoms with Gasteiger partial charge in [-0.05, 0) is 12.1 Å². The lowest BCUT2D eigenvalue weighted by Crippen LogP contribution is -2.38. The zero-order valence-corrected chi connectivity index (χ0v) is 10.7. The Morgan fingerprint density at radius 1 is 1.32 bits per heavy atom. The molecule has 2 heterocycles. The highest BCUT2D eigenvalue weighted by Crippen LogP contribution is 2.31. The summed E-state index contributed by atoms with van der Waals surface area (Å²) in [7, 11) is 0. The number of aromatic nitrogens is 2. The molecule has 1 amide bonds. The summed E-state index contributed by atoms with van der Waals surface area (Å²) in [6, 6.07) is 7.40. The number of fused-ring (bicyclic) bond motifs is 1. The highest BCUT2D eigenvalue weighted by Gasteiger charge is 2.25. The second kappa shape index (κ2) is 4.85. The van der Waals surface area contributed by atoms with Crippen LogP contribution in [0.5, 0.6) is 5.75 Å². The van der Waals surface area contributed by atoms with Crippen LogP contribution < -0.4 is 9.64 Å². The average molecular weight is 276 g/mol. The van der Waals surface area contributed by atoms with E-state index < -0.39 is 0 Å². The van der Waals surface area contributed by atoms with Crippen LogP contribution in [0.4, 0.5) is 5.69 Å². The number of carbonyl (C=O) groups is 1. The molecule has 19 heavy (non-hydrogen) atoms. The van der Waals surface area contributed by atoms with E-state index in [4.69, 9.17) is 16.3 Å². The van der Waals surface area contributed by atoms with Crippen LogP contribution >= 0.6 is 11.6 Å². The Hall–Kier alpha value is -2.14. The van der Waals surface area contributed by atoms with Gasteiger partial charge in [0.1, 0.15) is 23.2 Å². The van der Waals surface area contributed by atoms with Crippen molar-refractivity contribution in [3.8, 4) is 5.75 Å². The van der Waals surface area contributed by atoms with Gasteiger partial charge in [-0.15, -0.1) is 0 Å². The molecule has 2 aromatic rings. The maximum atomic E-state index is 12.4. The molecule has 5 nitrogen and oxygen atoms in total. The lowest BCUT2D eigenvalue weighted by Gasteiger charge is -2.29. The van der Waals surface area contributed by atoms with E-state index in [9.17, 15) is 4.79 Å². The van der Waals surface area contributed by atoms with Gasteiger partial charge in [0.05, 0.1) is 24.6 Å². The van der Waals surface area contributed by atoms with Gasteiger partial charge in [-0.3, -0.25) is 9.78 Å². The molecule has 6 heteroatoms. The van der Waals surface area contributed by atoms with Crippen molar-refractivity contribution in [2.45, 2.75) is 0 Å². The van der Waals surface area contributed by atoms with Gasteiger partial charge in [0.25, 0.3) is 5.91 Å². The van der Waals surface area contributed by atoms with Gasteiger partial charge in [-0.2, -0.15) is 0 Å². The zero-order chi connectivity index (χ0) is 13.2. The first kappa shape index (κ1) is 11.9. The molecular formula is C13H10ClN3O2. The Bertz CT molecular complexity index is 633. The maximum absolute atomic E-state index is 12.4. The number of hydrogen-bond acceptors (Lipinski definition) is 4. The topological polar surface area (TPSA) is 55.3 Å². The number of amides is 1. The molecule has 0 N–H and O–H groups in total. The fourth-order valence-electron chi connectivity index (χ4n) is 1.96. The molecule has 0 unspecified atom stereocenters. The Morgan fingerprint density at radius 3 is 3.00 bits per heavy atom. The largest absolute Gasteiger partial charge is 0.490 e. The van der Waals surface area contributed by atoms with Crippen LogP contribution in [0, 0.1) is 0 Å². The first-order chi connectivity index (χ1) is 9.25. The summed E-state index contributed by atoms with van der Waals surface area (Å²) in [6.07, 6.45) is 2.80. The quantitative estimate of drug-likeness (QED) is 0.800. The SMILES string of the molecule is O=C(c1cncc(Cl)n1)N1CCOc2ccccc21. The Labute approximate surface area is 114 Å². The predicted molar refractivity (Wildman–Crippen MR) is 70.7 cm³/mol. The third-order valence-electron chi connectivity index (χ3n) is 2.80. The van der Waals surface area contributed by atoms with Crippen LogP contribution in [0.1, 0.15) is 10.5 Å². The number of anilines is 1. The number of para-hydroxylation sites is 2. The highest BCUT2D eigenvalue weighted by molar-refractivity contribution is 6.29. The van der Waals surface area contributed by atoms with Crippen molar-refractivity contribution in [3.63, 3.8) is 0 Å². The van der Waals surface area contributed by atoms with E-state index in [-0.39, 0.29) is 16.8 Å². The second-order valence-electron chi connectivity index (χ2n) is 4.00. The third kappa shape index (κ3) is 2.24. The minimum Gasteiger partial charge on any atom is -0.490 e. The summed E-state index contributed by atoms with van der Waals surface area (Å²) >= 11 is 5.76. The van der Waals surface area contributed by atoms with Gasteiger partial charge in [-0.25, -0.2) is 4.98 Å². The number of carbonyl (C=O) groups excluding carboxylic acids is 1. The minimum atomic E-state index is -0.231. The zero-order valence-electron chi connectivity index (χ0n) is 9.91. The average Bonchev–Trinajstić information content (AvgIpc) is 2.46. The molecule has 3 rings (SSSR count). The van der Waals surface area contributed by atoms with Crippen LogP contribution in [0.15, 0.2) is 36.7 Å². The highest BCUT2D eigenvalue weighted by atomic mass is 35.5. The molecular weight excluding hydrogens is 266 g/mol. The number of hydrogen-bond donors (Lipinski definition) is 0. The number of halogens is 1. The van der Waals surface area contributed by atoms with Crippen LogP contribution in [0.25, 0.3) is 0 Å². The minimum absolute atomic E-state index is 0.201. The van der Waals surface area contributed by atoms with Gasteiger partial charge in [0, 0.05) is 0 Å². The van der Waals surface area contributed by atoms with E-state index in [0.29, 0.717) is 18.9 Å². The van der Waals surface area contributed by atoms with Crippen molar-refractivity contribution in [3.05, 3.63) is 47.5 Å². The summed E-state index contributed by atoms with van der Waals surface area (Å²) in [6.45, 7) is 0.931. The van der Waals surface area contributed by atoms with Crippen molar-refractivity contribution >= 4 is 23.2 Å². The Kier molecular flexibility index (Phi) is 3.05. The maximum Gasteiger partial charge on any atom is 0.278 e. The standard InChI is InChI=1S/C13H10ClN3O2/c14-12-8-15-7-9(16-12)13(18)17-5-6-19-11-4-2-1-3-10(11)17/h1-4,7-8H,5-6H2. The summed E-state index contributed by atoms with van der Waals surface area (Å²) in [5.74, 6) is 0.461.